The van der Waals surface area contributed by atoms with E-state index in [-0.39, 0.29) is 10.8 Å². The van der Waals surface area contributed by atoms with E-state index >= 15 is 0 Å². The van der Waals surface area contributed by atoms with Crippen LogP contribution in [0, 0.1) is 0 Å². The van der Waals surface area contributed by atoms with Gasteiger partial charge in [-0.15, -0.1) is 6.58 Å². The fourth-order valence-corrected chi connectivity index (χ4v) is 4.05. The summed E-state index contributed by atoms with van der Waals surface area (Å²) in [5.74, 6) is 0. The zero-order valence-corrected chi connectivity index (χ0v) is 17.5. The summed E-state index contributed by atoms with van der Waals surface area (Å²) in [6, 6.07) is 12.1. The van der Waals surface area contributed by atoms with Gasteiger partial charge in [0, 0.05) is 0 Å². The number of allylic oxidation sites excluding steroid dienone is 1. The van der Waals surface area contributed by atoms with Gasteiger partial charge in [-0.05, 0) is 75.5 Å². The second-order valence-electron chi connectivity index (χ2n) is 9.53. The average Bonchev–Trinajstić information content (AvgIpc) is 2.95. The Labute approximate surface area is 160 Å². The zero-order valence-electron chi connectivity index (χ0n) is 17.5. The van der Waals surface area contributed by atoms with Gasteiger partial charge in [0.25, 0.3) is 0 Å². The molecule has 1 aliphatic rings. The van der Waals surface area contributed by atoms with E-state index in [1.54, 1.807) is 0 Å². The lowest BCUT2D eigenvalue weighted by molar-refractivity contribution is 0.500. The first kappa shape index (κ1) is 19.0. The lowest BCUT2D eigenvalue weighted by Crippen LogP contribution is -2.18. The molecule has 0 aliphatic heterocycles. The molecule has 0 aromatic heterocycles. The predicted molar refractivity (Wildman–Crippen MR) is 115 cm³/mol. The van der Waals surface area contributed by atoms with Gasteiger partial charge >= 0.3 is 0 Å². The minimum Gasteiger partial charge on any atom is -0.103 e. The second-order valence-corrected chi connectivity index (χ2v) is 9.53. The molecular formula is C26H34. The SMILES string of the molecule is C=CCCc1cc2c(cc1C(C)(C)CC)Cc1cc(C(C)(C)C)ccc1-2. The molecule has 0 N–H and O–H groups in total. The minimum absolute atomic E-state index is 0.203. The van der Waals surface area contributed by atoms with Crippen molar-refractivity contribution in [3.63, 3.8) is 0 Å². The summed E-state index contributed by atoms with van der Waals surface area (Å²) in [6.07, 6.45) is 6.41. The third-order valence-electron chi connectivity index (χ3n) is 6.20. The summed E-state index contributed by atoms with van der Waals surface area (Å²) in [5, 5.41) is 0. The third kappa shape index (κ3) is 3.39. The van der Waals surface area contributed by atoms with Gasteiger partial charge in [0.15, 0.2) is 0 Å². The van der Waals surface area contributed by atoms with Crippen molar-refractivity contribution in [2.45, 2.75) is 78.1 Å². The molecule has 0 radical (unpaired) electrons. The summed E-state index contributed by atoms with van der Waals surface area (Å²) < 4.78 is 0. The van der Waals surface area contributed by atoms with Crippen LogP contribution in [-0.2, 0) is 23.7 Å². The fourth-order valence-electron chi connectivity index (χ4n) is 4.05. The molecule has 0 unspecified atom stereocenters. The van der Waals surface area contributed by atoms with Crippen molar-refractivity contribution in [1.82, 2.24) is 0 Å². The Kier molecular flexibility index (Phi) is 4.90. The van der Waals surface area contributed by atoms with Gasteiger partial charge in [-0.25, -0.2) is 0 Å². The van der Waals surface area contributed by atoms with E-state index in [1.165, 1.54) is 38.9 Å². The van der Waals surface area contributed by atoms with E-state index in [9.17, 15) is 0 Å². The Morgan fingerprint density at radius 2 is 1.65 bits per heavy atom. The molecule has 0 heteroatoms. The highest BCUT2D eigenvalue weighted by molar-refractivity contribution is 5.78. The monoisotopic (exact) mass is 346 g/mol. The molecule has 0 bridgehead atoms. The Balaban J connectivity index is 2.11. The maximum Gasteiger partial charge on any atom is -0.00132 e. The standard InChI is InChI=1S/C26H34/c1-8-10-11-18-16-23-20(17-24(18)26(6,7)9-2)14-19-15-21(25(3,4)5)12-13-22(19)23/h8,12-13,15-17H,1,9-11,14H2,2-7H3. The Morgan fingerprint density at radius 3 is 2.27 bits per heavy atom. The molecule has 0 amide bonds. The first-order valence-electron chi connectivity index (χ1n) is 10.1. The van der Waals surface area contributed by atoms with Crippen molar-refractivity contribution in [3.05, 3.63) is 70.8 Å². The van der Waals surface area contributed by atoms with Crippen LogP contribution in [0.4, 0.5) is 0 Å². The summed E-state index contributed by atoms with van der Waals surface area (Å²) in [7, 11) is 0. The van der Waals surface area contributed by atoms with Crippen molar-refractivity contribution in [2.75, 3.05) is 0 Å². The Bertz CT molecular complexity index is 828. The van der Waals surface area contributed by atoms with Gasteiger partial charge in [0.2, 0.25) is 0 Å². The maximum absolute atomic E-state index is 3.93. The first-order valence-corrected chi connectivity index (χ1v) is 10.1. The Morgan fingerprint density at radius 1 is 0.962 bits per heavy atom. The lowest BCUT2D eigenvalue weighted by atomic mass is 9.77. The summed E-state index contributed by atoms with van der Waals surface area (Å²) in [4.78, 5) is 0. The van der Waals surface area contributed by atoms with Crippen molar-refractivity contribution < 1.29 is 0 Å². The number of benzene rings is 2. The van der Waals surface area contributed by atoms with Crippen LogP contribution in [0.15, 0.2) is 43.0 Å². The molecule has 0 spiro atoms. The van der Waals surface area contributed by atoms with Crippen molar-refractivity contribution in [2.24, 2.45) is 0 Å². The van der Waals surface area contributed by atoms with Crippen molar-refractivity contribution in [1.29, 1.82) is 0 Å². The maximum atomic E-state index is 3.93. The highest BCUT2D eigenvalue weighted by Gasteiger charge is 2.27. The van der Waals surface area contributed by atoms with E-state index in [0.717, 1.165) is 25.7 Å². The zero-order chi connectivity index (χ0) is 19.1. The van der Waals surface area contributed by atoms with Crippen LogP contribution in [0.25, 0.3) is 11.1 Å². The van der Waals surface area contributed by atoms with E-state index in [4.69, 9.17) is 0 Å². The summed E-state index contributed by atoms with van der Waals surface area (Å²) >= 11 is 0. The molecule has 26 heavy (non-hydrogen) atoms. The quantitative estimate of drug-likeness (QED) is 0.423. The molecule has 2 aromatic carbocycles. The smallest absolute Gasteiger partial charge is 0.00132 e. The van der Waals surface area contributed by atoms with Gasteiger partial charge in [0.05, 0.1) is 0 Å². The molecule has 0 nitrogen and oxygen atoms in total. The highest BCUT2D eigenvalue weighted by Crippen LogP contribution is 2.42. The normalized spacial score (nSPS) is 13.5. The molecule has 0 fully saturated rings. The first-order chi connectivity index (χ1) is 12.2. The largest absolute Gasteiger partial charge is 0.103 e. The van der Waals surface area contributed by atoms with Gasteiger partial charge in [-0.1, -0.05) is 78.0 Å². The molecule has 1 aliphatic carbocycles. The lowest BCUT2D eigenvalue weighted by Gasteiger charge is -2.27. The Hall–Kier alpha value is -1.82. The molecule has 2 aromatic rings. The summed E-state index contributed by atoms with van der Waals surface area (Å²) in [5.41, 5.74) is 10.8. The minimum atomic E-state index is 0.203. The van der Waals surface area contributed by atoms with Gasteiger partial charge in [-0.2, -0.15) is 0 Å². The topological polar surface area (TPSA) is 0 Å². The molecule has 0 heterocycles. The molecule has 0 saturated heterocycles. The van der Waals surface area contributed by atoms with Crippen LogP contribution in [0.3, 0.4) is 0 Å². The second kappa shape index (κ2) is 6.72. The van der Waals surface area contributed by atoms with Crippen LogP contribution in [0.2, 0.25) is 0 Å². The van der Waals surface area contributed by atoms with Crippen molar-refractivity contribution in [3.8, 4) is 11.1 Å². The number of aryl methyl sites for hydroxylation is 1. The van der Waals surface area contributed by atoms with Crippen molar-refractivity contribution >= 4 is 0 Å². The fraction of sp³-hybridized carbons (Fsp3) is 0.462. The van der Waals surface area contributed by atoms with Gasteiger partial charge in [-0.3, -0.25) is 0 Å². The van der Waals surface area contributed by atoms with E-state index < -0.39 is 0 Å². The van der Waals surface area contributed by atoms with Gasteiger partial charge < -0.3 is 0 Å². The van der Waals surface area contributed by atoms with Crippen LogP contribution in [0.1, 0.15) is 82.2 Å². The molecule has 138 valence electrons. The molecule has 0 atom stereocenters. The van der Waals surface area contributed by atoms with E-state index in [1.807, 2.05) is 6.08 Å². The molecule has 3 rings (SSSR count). The van der Waals surface area contributed by atoms with E-state index in [2.05, 4.69) is 78.5 Å². The highest BCUT2D eigenvalue weighted by atomic mass is 14.3. The van der Waals surface area contributed by atoms with Crippen LogP contribution < -0.4 is 0 Å². The number of rotatable bonds is 5. The average molecular weight is 347 g/mol. The third-order valence-corrected chi connectivity index (χ3v) is 6.20. The predicted octanol–water partition coefficient (Wildman–Crippen LogP) is 7.36. The van der Waals surface area contributed by atoms with Crippen LogP contribution in [0.5, 0.6) is 0 Å². The number of hydrogen-bond acceptors (Lipinski definition) is 0. The van der Waals surface area contributed by atoms with Crippen LogP contribution >= 0.6 is 0 Å². The number of hydrogen-bond donors (Lipinski definition) is 0. The summed E-state index contributed by atoms with van der Waals surface area (Å²) in [6.45, 7) is 17.9. The van der Waals surface area contributed by atoms with E-state index in [0.29, 0.717) is 0 Å². The van der Waals surface area contributed by atoms with Crippen LogP contribution in [-0.4, -0.2) is 0 Å². The molecular weight excluding hydrogens is 312 g/mol. The number of fused-ring (bicyclic) bond motifs is 3. The van der Waals surface area contributed by atoms with Gasteiger partial charge in [0.1, 0.15) is 0 Å². The molecule has 0 saturated carbocycles.